The fourth-order valence-corrected chi connectivity index (χ4v) is 2.63. The summed E-state index contributed by atoms with van der Waals surface area (Å²) in [6.07, 6.45) is 2.44. The van der Waals surface area contributed by atoms with Gasteiger partial charge in [-0.3, -0.25) is 4.21 Å². The summed E-state index contributed by atoms with van der Waals surface area (Å²) in [4.78, 5) is 2.41. The van der Waals surface area contributed by atoms with E-state index >= 15 is 0 Å². The minimum atomic E-state index is -0.620. The lowest BCUT2D eigenvalue weighted by molar-refractivity contribution is 0.170. The Kier molecular flexibility index (Phi) is 5.79. The Morgan fingerprint density at radius 1 is 1.53 bits per heavy atom. The standard InChI is InChI=1S/C11H24N2OS/c1-4-15(14)8-6-12-11-5-7-13(3)10(2)9-11/h10-12H,4-9H2,1-3H3. The lowest BCUT2D eigenvalue weighted by atomic mass is 9.99. The van der Waals surface area contributed by atoms with Crippen molar-refractivity contribution in [1.29, 1.82) is 0 Å². The van der Waals surface area contributed by atoms with Gasteiger partial charge in [-0.2, -0.15) is 0 Å². The van der Waals surface area contributed by atoms with Crippen LogP contribution in [0.1, 0.15) is 26.7 Å². The van der Waals surface area contributed by atoms with Gasteiger partial charge in [-0.25, -0.2) is 0 Å². The maximum Gasteiger partial charge on any atom is 0.0360 e. The minimum absolute atomic E-state index is 0.620. The van der Waals surface area contributed by atoms with E-state index in [-0.39, 0.29) is 0 Å². The first-order chi connectivity index (χ1) is 7.13. The van der Waals surface area contributed by atoms with Gasteiger partial charge < -0.3 is 10.2 Å². The fourth-order valence-electron chi connectivity index (χ4n) is 2.00. The number of piperidine rings is 1. The molecule has 15 heavy (non-hydrogen) atoms. The van der Waals surface area contributed by atoms with E-state index in [1.165, 1.54) is 19.4 Å². The summed E-state index contributed by atoms with van der Waals surface area (Å²) in [6.45, 7) is 6.34. The van der Waals surface area contributed by atoms with Gasteiger partial charge >= 0.3 is 0 Å². The Balaban J connectivity index is 2.14. The molecule has 1 rings (SSSR count). The van der Waals surface area contributed by atoms with Crippen LogP contribution in [0.2, 0.25) is 0 Å². The van der Waals surface area contributed by atoms with Crippen LogP contribution in [0.15, 0.2) is 0 Å². The predicted octanol–water partition coefficient (Wildman–Crippen LogP) is 0.827. The highest BCUT2D eigenvalue weighted by atomic mass is 32.2. The second kappa shape index (κ2) is 6.61. The minimum Gasteiger partial charge on any atom is -0.313 e. The van der Waals surface area contributed by atoms with E-state index in [4.69, 9.17) is 0 Å². The van der Waals surface area contributed by atoms with Gasteiger partial charge in [0.05, 0.1) is 0 Å². The van der Waals surface area contributed by atoms with Crippen molar-refractivity contribution in [3.8, 4) is 0 Å². The molecule has 1 fully saturated rings. The van der Waals surface area contributed by atoms with Crippen molar-refractivity contribution in [2.24, 2.45) is 0 Å². The molecule has 0 amide bonds. The monoisotopic (exact) mass is 232 g/mol. The zero-order chi connectivity index (χ0) is 11.3. The van der Waals surface area contributed by atoms with E-state index < -0.39 is 10.8 Å². The molecule has 0 aromatic rings. The molecular formula is C11H24N2OS. The van der Waals surface area contributed by atoms with Gasteiger partial charge in [0.25, 0.3) is 0 Å². The van der Waals surface area contributed by atoms with Crippen molar-refractivity contribution in [3.63, 3.8) is 0 Å². The van der Waals surface area contributed by atoms with Crippen LogP contribution in [0.3, 0.4) is 0 Å². The second-order valence-corrected chi connectivity index (χ2v) is 6.30. The number of nitrogens with one attached hydrogen (secondary N) is 1. The van der Waals surface area contributed by atoms with Gasteiger partial charge in [-0.1, -0.05) is 6.92 Å². The van der Waals surface area contributed by atoms with E-state index in [1.807, 2.05) is 6.92 Å². The van der Waals surface area contributed by atoms with Crippen LogP contribution in [-0.2, 0) is 10.8 Å². The maximum absolute atomic E-state index is 11.2. The summed E-state index contributed by atoms with van der Waals surface area (Å²) < 4.78 is 11.2. The third-order valence-electron chi connectivity index (χ3n) is 3.29. The highest BCUT2D eigenvalue weighted by molar-refractivity contribution is 7.84. The van der Waals surface area contributed by atoms with Crippen LogP contribution in [0.25, 0.3) is 0 Å². The Morgan fingerprint density at radius 2 is 2.27 bits per heavy atom. The topological polar surface area (TPSA) is 32.3 Å². The van der Waals surface area contributed by atoms with Crippen LogP contribution in [0.5, 0.6) is 0 Å². The molecule has 0 aromatic heterocycles. The van der Waals surface area contributed by atoms with Crippen LogP contribution < -0.4 is 5.32 Å². The molecule has 0 bridgehead atoms. The number of hydrogen-bond donors (Lipinski definition) is 1. The Morgan fingerprint density at radius 3 is 2.87 bits per heavy atom. The van der Waals surface area contributed by atoms with Crippen molar-refractivity contribution in [3.05, 3.63) is 0 Å². The molecular weight excluding hydrogens is 208 g/mol. The van der Waals surface area contributed by atoms with Crippen LogP contribution in [0.4, 0.5) is 0 Å². The van der Waals surface area contributed by atoms with E-state index in [0.29, 0.717) is 12.1 Å². The molecule has 3 atom stereocenters. The summed E-state index contributed by atoms with van der Waals surface area (Å²) in [7, 11) is 1.57. The van der Waals surface area contributed by atoms with Crippen LogP contribution in [0, 0.1) is 0 Å². The molecule has 1 heterocycles. The molecule has 1 aliphatic heterocycles. The van der Waals surface area contributed by atoms with Crippen molar-refractivity contribution in [2.45, 2.75) is 38.8 Å². The SMILES string of the molecule is CCS(=O)CCNC1CCN(C)C(C)C1. The molecule has 4 heteroatoms. The zero-order valence-electron chi connectivity index (χ0n) is 10.2. The lowest BCUT2D eigenvalue weighted by Crippen LogP contribution is -2.46. The maximum atomic E-state index is 11.2. The summed E-state index contributed by atoms with van der Waals surface area (Å²) in [6, 6.07) is 1.30. The van der Waals surface area contributed by atoms with Crippen LogP contribution in [-0.4, -0.2) is 52.8 Å². The Labute approximate surface area is 96.1 Å². The molecule has 3 unspecified atom stereocenters. The van der Waals surface area contributed by atoms with Crippen molar-refractivity contribution < 1.29 is 4.21 Å². The van der Waals surface area contributed by atoms with Gasteiger partial charge in [0.2, 0.25) is 0 Å². The molecule has 0 aromatic carbocycles. The highest BCUT2D eigenvalue weighted by Gasteiger charge is 2.21. The molecule has 0 spiro atoms. The largest absolute Gasteiger partial charge is 0.313 e. The molecule has 0 saturated carbocycles. The summed E-state index contributed by atoms with van der Waals surface area (Å²) in [5, 5.41) is 3.52. The Hall–Kier alpha value is 0.0700. The van der Waals surface area contributed by atoms with Gasteiger partial charge in [-0.15, -0.1) is 0 Å². The van der Waals surface area contributed by atoms with E-state index in [0.717, 1.165) is 18.1 Å². The Bertz CT molecular complexity index is 211. The van der Waals surface area contributed by atoms with Crippen molar-refractivity contribution in [1.82, 2.24) is 10.2 Å². The van der Waals surface area contributed by atoms with E-state index in [2.05, 4.69) is 24.2 Å². The van der Waals surface area contributed by atoms with Crippen molar-refractivity contribution in [2.75, 3.05) is 31.6 Å². The summed E-state index contributed by atoms with van der Waals surface area (Å²) in [5.41, 5.74) is 0. The predicted molar refractivity (Wildman–Crippen MR) is 66.7 cm³/mol. The normalized spacial score (nSPS) is 30.3. The van der Waals surface area contributed by atoms with Crippen molar-refractivity contribution >= 4 is 10.8 Å². The molecule has 1 aliphatic rings. The van der Waals surface area contributed by atoms with Gasteiger partial charge in [-0.05, 0) is 33.4 Å². The van der Waals surface area contributed by atoms with Crippen LogP contribution >= 0.6 is 0 Å². The average molecular weight is 232 g/mol. The quantitative estimate of drug-likeness (QED) is 0.762. The zero-order valence-corrected chi connectivity index (χ0v) is 11.0. The lowest BCUT2D eigenvalue weighted by Gasteiger charge is -2.35. The first-order valence-corrected chi connectivity index (χ1v) is 7.41. The molecule has 90 valence electrons. The number of likely N-dealkylation sites (tertiary alicyclic amines) is 1. The average Bonchev–Trinajstić information content (AvgIpc) is 2.23. The summed E-state index contributed by atoms with van der Waals surface area (Å²) in [5.74, 6) is 1.59. The molecule has 1 saturated heterocycles. The first-order valence-electron chi connectivity index (χ1n) is 5.92. The highest BCUT2D eigenvalue weighted by Crippen LogP contribution is 2.14. The smallest absolute Gasteiger partial charge is 0.0360 e. The first kappa shape index (κ1) is 13.1. The fraction of sp³-hybridized carbons (Fsp3) is 1.00. The molecule has 0 aliphatic carbocycles. The molecule has 3 nitrogen and oxygen atoms in total. The third kappa shape index (κ3) is 4.62. The van der Waals surface area contributed by atoms with Gasteiger partial charge in [0.1, 0.15) is 0 Å². The summed E-state index contributed by atoms with van der Waals surface area (Å²) >= 11 is 0. The number of hydrogen-bond acceptors (Lipinski definition) is 3. The third-order valence-corrected chi connectivity index (χ3v) is 4.60. The van der Waals surface area contributed by atoms with E-state index in [9.17, 15) is 4.21 Å². The molecule has 0 radical (unpaired) electrons. The molecule has 1 N–H and O–H groups in total. The van der Waals surface area contributed by atoms with Gasteiger partial charge in [0, 0.05) is 40.9 Å². The number of nitrogens with zero attached hydrogens (tertiary/aromatic N) is 1. The van der Waals surface area contributed by atoms with E-state index in [1.54, 1.807) is 0 Å². The van der Waals surface area contributed by atoms with Gasteiger partial charge in [0.15, 0.2) is 0 Å². The number of rotatable bonds is 5. The second-order valence-electron chi connectivity index (χ2n) is 4.44.